The first-order chi connectivity index (χ1) is 16.0. The second-order valence-electron chi connectivity index (χ2n) is 7.41. The quantitative estimate of drug-likeness (QED) is 0.279. The fourth-order valence-corrected chi connectivity index (χ4v) is 4.85. The maximum absolute atomic E-state index is 12.3. The average molecular weight is 509 g/mol. The van der Waals surface area contributed by atoms with E-state index in [9.17, 15) is 19.5 Å². The van der Waals surface area contributed by atoms with E-state index in [0.717, 1.165) is 14.6 Å². The van der Waals surface area contributed by atoms with Crippen molar-refractivity contribution in [2.24, 2.45) is 5.41 Å². The van der Waals surface area contributed by atoms with Gasteiger partial charge in [-0.1, -0.05) is 18.2 Å². The zero-order valence-electron chi connectivity index (χ0n) is 17.8. The van der Waals surface area contributed by atoms with Gasteiger partial charge in [-0.3, -0.25) is 14.4 Å². The molecule has 3 rings (SSSR count). The molecule has 7 nitrogen and oxygen atoms in total. The van der Waals surface area contributed by atoms with Gasteiger partial charge in [-0.15, -0.1) is 34.0 Å². The number of aliphatic hydroxyl groups is 1. The predicted octanol–water partition coefficient (Wildman–Crippen LogP) is 3.51. The lowest BCUT2D eigenvalue weighted by Crippen LogP contribution is -2.43. The third-order valence-electron chi connectivity index (χ3n) is 4.65. The van der Waals surface area contributed by atoms with Gasteiger partial charge >= 0.3 is 17.9 Å². The van der Waals surface area contributed by atoms with Crippen LogP contribution < -0.4 is 0 Å². The van der Waals surface area contributed by atoms with Crippen molar-refractivity contribution < 1.29 is 33.7 Å². The molecule has 0 spiro atoms. The highest BCUT2D eigenvalue weighted by molar-refractivity contribution is 7.10. The number of hydrogen-bond donors (Lipinski definition) is 1. The Morgan fingerprint density at radius 2 is 1.00 bits per heavy atom. The first-order valence-electron chi connectivity index (χ1n) is 10.1. The van der Waals surface area contributed by atoms with Crippen LogP contribution in [-0.2, 0) is 47.9 Å². The summed E-state index contributed by atoms with van der Waals surface area (Å²) >= 11 is 4.30. The number of carbonyl (C=O) groups is 3. The van der Waals surface area contributed by atoms with E-state index in [2.05, 4.69) is 0 Å². The molecule has 1 N–H and O–H groups in total. The summed E-state index contributed by atoms with van der Waals surface area (Å²) in [6, 6.07) is 11.0. The zero-order chi connectivity index (χ0) is 23.5. The first kappa shape index (κ1) is 25.1. The van der Waals surface area contributed by atoms with Crippen molar-refractivity contribution >= 4 is 51.9 Å². The number of esters is 3. The lowest BCUT2D eigenvalue weighted by Gasteiger charge is -2.30. The highest BCUT2D eigenvalue weighted by Gasteiger charge is 2.35. The van der Waals surface area contributed by atoms with E-state index in [-0.39, 0.29) is 39.1 Å². The van der Waals surface area contributed by atoms with Crippen LogP contribution in [0.15, 0.2) is 52.5 Å². The van der Waals surface area contributed by atoms with Crippen molar-refractivity contribution in [3.63, 3.8) is 0 Å². The molecule has 3 heterocycles. The van der Waals surface area contributed by atoms with Gasteiger partial charge in [0.1, 0.15) is 19.8 Å². The van der Waals surface area contributed by atoms with Crippen LogP contribution in [0.2, 0.25) is 0 Å². The maximum Gasteiger partial charge on any atom is 0.311 e. The number of ether oxygens (including phenoxy) is 3. The largest absolute Gasteiger partial charge is 0.464 e. The molecule has 3 aromatic rings. The summed E-state index contributed by atoms with van der Waals surface area (Å²) in [7, 11) is 0. The van der Waals surface area contributed by atoms with Crippen molar-refractivity contribution in [1.29, 1.82) is 0 Å². The standard InChI is InChI=1S/C23H24O7S3/c24-13-23(14-28-20(25)10-17-4-1-7-31-17,15-29-21(26)11-18-5-2-8-32-18)16-30-22(27)12-19-6-3-9-33-19/h1-9,24H,10-16H2. The number of hydrogen-bond acceptors (Lipinski definition) is 10. The molecule has 0 aliphatic carbocycles. The van der Waals surface area contributed by atoms with Gasteiger partial charge in [0, 0.05) is 14.6 Å². The minimum atomic E-state index is -1.26. The average Bonchev–Trinajstić information content (AvgIpc) is 3.58. The van der Waals surface area contributed by atoms with Gasteiger partial charge < -0.3 is 19.3 Å². The fraction of sp³-hybridized carbons (Fsp3) is 0.348. The summed E-state index contributed by atoms with van der Waals surface area (Å²) in [5, 5.41) is 15.7. The molecule has 0 radical (unpaired) electrons. The van der Waals surface area contributed by atoms with Gasteiger partial charge in [-0.05, 0) is 34.3 Å². The minimum Gasteiger partial charge on any atom is -0.464 e. The maximum atomic E-state index is 12.3. The molecule has 0 atom stereocenters. The van der Waals surface area contributed by atoms with Crippen LogP contribution in [0.5, 0.6) is 0 Å². The third-order valence-corrected chi connectivity index (χ3v) is 7.28. The van der Waals surface area contributed by atoms with E-state index >= 15 is 0 Å². The molecule has 0 aromatic carbocycles. The highest BCUT2D eigenvalue weighted by Crippen LogP contribution is 2.22. The van der Waals surface area contributed by atoms with Crippen molar-refractivity contribution in [2.75, 3.05) is 26.4 Å². The van der Waals surface area contributed by atoms with Gasteiger partial charge in [0.05, 0.1) is 31.3 Å². The number of carbonyl (C=O) groups excluding carboxylic acids is 3. The van der Waals surface area contributed by atoms with Crippen molar-refractivity contribution in [1.82, 2.24) is 0 Å². The molecule has 0 fully saturated rings. The molecule has 0 unspecified atom stereocenters. The molecule has 0 bridgehead atoms. The number of rotatable bonds is 13. The number of aliphatic hydroxyl groups excluding tert-OH is 1. The third kappa shape index (κ3) is 8.39. The summed E-state index contributed by atoms with van der Waals surface area (Å²) in [5.41, 5.74) is -1.26. The van der Waals surface area contributed by atoms with Gasteiger partial charge in [0.25, 0.3) is 0 Å². The van der Waals surface area contributed by atoms with Gasteiger partial charge in [-0.2, -0.15) is 0 Å². The zero-order valence-corrected chi connectivity index (χ0v) is 20.2. The molecule has 0 aliphatic heterocycles. The van der Waals surface area contributed by atoms with Gasteiger partial charge in [0.2, 0.25) is 0 Å². The lowest BCUT2D eigenvalue weighted by atomic mass is 9.92. The van der Waals surface area contributed by atoms with Crippen LogP contribution in [0.4, 0.5) is 0 Å². The molecule has 3 aromatic heterocycles. The van der Waals surface area contributed by atoms with Gasteiger partial charge in [-0.25, -0.2) is 0 Å². The van der Waals surface area contributed by atoms with E-state index < -0.39 is 29.9 Å². The SMILES string of the molecule is O=C(Cc1cccs1)OCC(CO)(COC(=O)Cc1cccs1)COC(=O)Cc1cccs1. The van der Waals surface area contributed by atoms with Crippen LogP contribution in [0.3, 0.4) is 0 Å². The summed E-state index contributed by atoms with van der Waals surface area (Å²) in [6.45, 7) is -1.28. The molecule has 176 valence electrons. The normalized spacial score (nSPS) is 11.2. The van der Waals surface area contributed by atoms with Crippen LogP contribution >= 0.6 is 34.0 Å². The minimum absolute atomic E-state index is 0.0928. The van der Waals surface area contributed by atoms with E-state index in [1.54, 1.807) is 0 Å². The van der Waals surface area contributed by atoms with Crippen LogP contribution in [-0.4, -0.2) is 49.4 Å². The van der Waals surface area contributed by atoms with Crippen molar-refractivity contribution in [3.8, 4) is 0 Å². The predicted molar refractivity (Wildman–Crippen MR) is 126 cm³/mol. The molecular weight excluding hydrogens is 484 g/mol. The molecule has 0 amide bonds. The van der Waals surface area contributed by atoms with E-state index in [0.29, 0.717) is 0 Å². The van der Waals surface area contributed by atoms with E-state index in [1.165, 1.54) is 34.0 Å². The lowest BCUT2D eigenvalue weighted by molar-refractivity contribution is -0.164. The molecule has 0 saturated carbocycles. The first-order valence-corrected chi connectivity index (χ1v) is 12.8. The van der Waals surface area contributed by atoms with Crippen LogP contribution in [0.25, 0.3) is 0 Å². The Kier molecular flexibility index (Phi) is 9.61. The summed E-state index contributed by atoms with van der Waals surface area (Å²) < 4.78 is 16.1. The van der Waals surface area contributed by atoms with Crippen molar-refractivity contribution in [3.05, 3.63) is 67.2 Å². The van der Waals surface area contributed by atoms with E-state index in [4.69, 9.17) is 14.2 Å². The smallest absolute Gasteiger partial charge is 0.311 e. The van der Waals surface area contributed by atoms with Crippen LogP contribution in [0, 0.1) is 5.41 Å². The highest BCUT2D eigenvalue weighted by atomic mass is 32.1. The monoisotopic (exact) mass is 508 g/mol. The topological polar surface area (TPSA) is 99.1 Å². The van der Waals surface area contributed by atoms with Crippen LogP contribution in [0.1, 0.15) is 14.6 Å². The van der Waals surface area contributed by atoms with Crippen molar-refractivity contribution in [2.45, 2.75) is 19.3 Å². The van der Waals surface area contributed by atoms with Gasteiger partial charge in [0.15, 0.2) is 0 Å². The Balaban J connectivity index is 1.59. The Bertz CT molecular complexity index is 868. The molecule has 33 heavy (non-hydrogen) atoms. The Morgan fingerprint density at radius 3 is 1.24 bits per heavy atom. The summed E-state index contributed by atoms with van der Waals surface area (Å²) in [4.78, 5) is 39.3. The van der Waals surface area contributed by atoms with E-state index in [1.807, 2.05) is 52.5 Å². The summed E-state index contributed by atoms with van der Waals surface area (Å²) in [5.74, 6) is -1.44. The molecule has 10 heteroatoms. The Labute approximate surface area is 203 Å². The Morgan fingerprint density at radius 1 is 0.667 bits per heavy atom. The second kappa shape index (κ2) is 12.6. The number of thiophene rings is 3. The molecule has 0 saturated heterocycles. The Hall–Kier alpha value is -2.53. The molecule has 0 aliphatic rings. The summed E-state index contributed by atoms with van der Waals surface area (Å²) in [6.07, 6.45) is 0.278. The fourth-order valence-electron chi connectivity index (χ4n) is 2.78. The molecular formula is C23H24O7S3. The second-order valence-corrected chi connectivity index (χ2v) is 10.5.